The maximum Gasteiger partial charge on any atom is 0.243 e. The summed E-state index contributed by atoms with van der Waals surface area (Å²) >= 11 is 1.41. The van der Waals surface area contributed by atoms with E-state index in [1.54, 1.807) is 24.4 Å². The molecule has 5 atom stereocenters. The summed E-state index contributed by atoms with van der Waals surface area (Å²) in [5.41, 5.74) is 4.25. The molecule has 53 heavy (non-hydrogen) atoms. The third-order valence-electron chi connectivity index (χ3n) is 10.2. The lowest BCUT2D eigenvalue weighted by Gasteiger charge is -2.32. The van der Waals surface area contributed by atoms with E-state index in [1.165, 1.54) is 17.8 Å². The van der Waals surface area contributed by atoms with Gasteiger partial charge in [-0.15, -0.1) is 11.3 Å². The molecule has 1 heterocycles. The number of rotatable bonds is 20. The number of benzene rings is 2. The van der Waals surface area contributed by atoms with E-state index >= 15 is 0 Å². The van der Waals surface area contributed by atoms with Crippen LogP contribution in [0.1, 0.15) is 89.0 Å². The van der Waals surface area contributed by atoms with E-state index in [-0.39, 0.29) is 31.1 Å². The van der Waals surface area contributed by atoms with Crippen LogP contribution in [-0.4, -0.2) is 70.4 Å². The van der Waals surface area contributed by atoms with Gasteiger partial charge in [0, 0.05) is 44.3 Å². The average Bonchev–Trinajstić information content (AvgIpc) is 3.67. The zero-order valence-corrected chi connectivity index (χ0v) is 32.7. The highest BCUT2D eigenvalue weighted by atomic mass is 32.1. The second kappa shape index (κ2) is 21.6. The third-order valence-corrected chi connectivity index (χ3v) is 10.8. The van der Waals surface area contributed by atoms with E-state index in [9.17, 15) is 24.3 Å². The molecule has 0 radical (unpaired) electrons. The first-order valence-corrected chi connectivity index (χ1v) is 20.2. The maximum atomic E-state index is 14.3. The van der Waals surface area contributed by atoms with Crippen LogP contribution in [0, 0.1) is 23.7 Å². The summed E-state index contributed by atoms with van der Waals surface area (Å²) in [7, 11) is 1.73. The number of amides is 4. The Balaban J connectivity index is 1.52. The number of carbonyl (C=O) groups is 4. The fourth-order valence-corrected chi connectivity index (χ4v) is 7.58. The quantitative estimate of drug-likeness (QED) is 0.117. The minimum absolute atomic E-state index is 0.0329. The first-order chi connectivity index (χ1) is 25.5. The van der Waals surface area contributed by atoms with Crippen molar-refractivity contribution >= 4 is 35.0 Å². The molecule has 4 N–H and O–H groups in total. The van der Waals surface area contributed by atoms with Crippen molar-refractivity contribution in [3.05, 3.63) is 88.4 Å². The van der Waals surface area contributed by atoms with Gasteiger partial charge < -0.3 is 26.0 Å². The smallest absolute Gasteiger partial charge is 0.243 e. The molecule has 1 aliphatic carbocycles. The predicted octanol–water partition coefficient (Wildman–Crippen LogP) is 5.69. The van der Waals surface area contributed by atoms with Gasteiger partial charge in [0.2, 0.25) is 23.6 Å². The zero-order valence-electron chi connectivity index (χ0n) is 31.8. The molecule has 1 aromatic heterocycles. The first kappa shape index (κ1) is 41.7. The molecule has 288 valence electrons. The van der Waals surface area contributed by atoms with Gasteiger partial charge in [0.05, 0.1) is 29.3 Å². The molecule has 4 rings (SSSR count). The Morgan fingerprint density at radius 3 is 2.15 bits per heavy atom. The summed E-state index contributed by atoms with van der Waals surface area (Å²) in [5.74, 6) is -1.65. The number of aromatic nitrogens is 1. The molecule has 4 amide bonds. The molecule has 1 fully saturated rings. The lowest BCUT2D eigenvalue weighted by molar-refractivity contribution is -0.137. The molecule has 0 spiro atoms. The SMILES string of the molecule is CC(C)CNC(=O)[C@H](C)C[C@H](O)[C@H](CC1CCCCC1)NC(=O)[C@H](Cc1cscn1)NC(=O)[C@@H](CC(=O)N(C)Cc1ccccc1)Cc1ccccc1. The topological polar surface area (TPSA) is 141 Å². The number of nitrogens with one attached hydrogen (secondary N) is 3. The lowest BCUT2D eigenvalue weighted by Crippen LogP contribution is -2.55. The van der Waals surface area contributed by atoms with Crippen LogP contribution < -0.4 is 16.0 Å². The lowest BCUT2D eigenvalue weighted by atomic mass is 9.82. The Labute approximate surface area is 319 Å². The number of hydrogen-bond acceptors (Lipinski definition) is 7. The standard InChI is InChI=1S/C42H59N5O5S/c1-29(2)25-43-40(50)30(3)20-38(48)36(22-32-16-10-6-11-17-32)45-42(52)37(24-35-27-53-28-44-35)46-41(51)34(21-31-14-8-5-9-15-31)23-39(49)47(4)26-33-18-12-7-13-19-33/h5,7-9,12-15,18-19,27-30,32,34,36-38,48H,6,10-11,16-17,20-26H2,1-4H3,(H,43,50)(H,45,52)(H,46,51)/t30-,34-,36+,37+,38+/m1/s1. The van der Waals surface area contributed by atoms with Crippen LogP contribution in [0.15, 0.2) is 71.6 Å². The summed E-state index contributed by atoms with van der Waals surface area (Å²) in [4.78, 5) is 60.9. The second-order valence-electron chi connectivity index (χ2n) is 15.3. The highest BCUT2D eigenvalue weighted by Gasteiger charge is 2.33. The molecule has 1 aliphatic rings. The fourth-order valence-electron chi connectivity index (χ4n) is 7.00. The van der Waals surface area contributed by atoms with E-state index in [2.05, 4.69) is 20.9 Å². The number of carbonyl (C=O) groups excluding carboxylic acids is 4. The van der Waals surface area contributed by atoms with Crippen molar-refractivity contribution in [1.82, 2.24) is 25.8 Å². The largest absolute Gasteiger partial charge is 0.391 e. The number of thiazole rings is 1. The molecular weight excluding hydrogens is 687 g/mol. The van der Waals surface area contributed by atoms with Gasteiger partial charge in [-0.2, -0.15) is 0 Å². The number of aliphatic hydroxyl groups is 1. The van der Waals surface area contributed by atoms with Crippen molar-refractivity contribution < 1.29 is 24.3 Å². The van der Waals surface area contributed by atoms with Crippen molar-refractivity contribution in [3.8, 4) is 0 Å². The van der Waals surface area contributed by atoms with E-state index in [0.717, 1.165) is 36.8 Å². The zero-order chi connectivity index (χ0) is 38.2. The van der Waals surface area contributed by atoms with Crippen LogP contribution in [0.2, 0.25) is 0 Å². The molecule has 2 aromatic carbocycles. The van der Waals surface area contributed by atoms with Crippen molar-refractivity contribution in [2.24, 2.45) is 23.7 Å². The molecule has 0 aliphatic heterocycles. The molecule has 3 aromatic rings. The van der Waals surface area contributed by atoms with E-state index < -0.39 is 41.8 Å². The van der Waals surface area contributed by atoms with Crippen molar-refractivity contribution in [2.45, 2.75) is 110 Å². The summed E-state index contributed by atoms with van der Waals surface area (Å²) in [6.07, 6.45) is 5.72. The van der Waals surface area contributed by atoms with Gasteiger partial charge >= 0.3 is 0 Å². The molecule has 0 bridgehead atoms. The molecule has 1 saturated carbocycles. The minimum atomic E-state index is -0.993. The second-order valence-corrected chi connectivity index (χ2v) is 16.0. The first-order valence-electron chi connectivity index (χ1n) is 19.2. The Morgan fingerprint density at radius 2 is 1.53 bits per heavy atom. The van der Waals surface area contributed by atoms with Gasteiger partial charge in [-0.3, -0.25) is 19.2 Å². The molecular formula is C42H59N5O5S. The molecule has 11 heteroatoms. The van der Waals surface area contributed by atoms with Gasteiger partial charge in [-0.25, -0.2) is 4.98 Å². The van der Waals surface area contributed by atoms with Gasteiger partial charge in [-0.05, 0) is 42.2 Å². The molecule has 0 saturated heterocycles. The van der Waals surface area contributed by atoms with Crippen molar-refractivity contribution in [1.29, 1.82) is 0 Å². The van der Waals surface area contributed by atoms with Gasteiger partial charge in [-0.1, -0.05) is 114 Å². The van der Waals surface area contributed by atoms with Crippen molar-refractivity contribution in [2.75, 3.05) is 13.6 Å². The van der Waals surface area contributed by atoms with Crippen LogP contribution in [0.25, 0.3) is 0 Å². The summed E-state index contributed by atoms with van der Waals surface area (Å²) in [6, 6.07) is 17.7. The monoisotopic (exact) mass is 745 g/mol. The van der Waals surface area contributed by atoms with Crippen molar-refractivity contribution in [3.63, 3.8) is 0 Å². The summed E-state index contributed by atoms with van der Waals surface area (Å²) in [5, 5.41) is 22.5. The van der Waals surface area contributed by atoms with Gasteiger partial charge in [0.15, 0.2) is 0 Å². The predicted molar refractivity (Wildman–Crippen MR) is 210 cm³/mol. The highest BCUT2D eigenvalue weighted by molar-refractivity contribution is 7.07. The Bertz CT molecular complexity index is 1550. The normalized spacial score (nSPS) is 16.2. The number of nitrogens with zero attached hydrogens (tertiary/aromatic N) is 2. The van der Waals surface area contributed by atoms with E-state index in [4.69, 9.17) is 0 Å². The summed E-state index contributed by atoms with van der Waals surface area (Å²) in [6.45, 7) is 6.83. The Morgan fingerprint density at radius 1 is 0.868 bits per heavy atom. The molecule has 10 nitrogen and oxygen atoms in total. The van der Waals surface area contributed by atoms with Crippen LogP contribution in [0.4, 0.5) is 0 Å². The van der Waals surface area contributed by atoms with E-state index in [1.807, 2.05) is 79.9 Å². The number of hydrogen-bond donors (Lipinski definition) is 4. The van der Waals surface area contributed by atoms with Crippen LogP contribution in [-0.2, 0) is 38.6 Å². The van der Waals surface area contributed by atoms with E-state index in [0.29, 0.717) is 43.5 Å². The average molecular weight is 746 g/mol. The molecule has 0 unspecified atom stereocenters. The van der Waals surface area contributed by atoms with Crippen LogP contribution >= 0.6 is 11.3 Å². The highest BCUT2D eigenvalue weighted by Crippen LogP contribution is 2.29. The van der Waals surface area contributed by atoms with Crippen LogP contribution in [0.3, 0.4) is 0 Å². The maximum absolute atomic E-state index is 14.3. The number of aliphatic hydroxyl groups excluding tert-OH is 1. The third kappa shape index (κ3) is 14.3. The van der Waals surface area contributed by atoms with Gasteiger partial charge in [0.25, 0.3) is 0 Å². The summed E-state index contributed by atoms with van der Waals surface area (Å²) < 4.78 is 0. The fraction of sp³-hybridized carbons (Fsp3) is 0.548. The van der Waals surface area contributed by atoms with Gasteiger partial charge in [0.1, 0.15) is 6.04 Å². The minimum Gasteiger partial charge on any atom is -0.391 e. The Kier molecular flexibility index (Phi) is 17.0. The van der Waals surface area contributed by atoms with Crippen LogP contribution in [0.5, 0.6) is 0 Å². The Hall–Kier alpha value is -4.09.